The number of pyridine rings is 1. The fourth-order valence-corrected chi connectivity index (χ4v) is 1.08. The Morgan fingerprint density at radius 1 is 1.70 bits per heavy atom. The number of nitrogens with zero attached hydrogens (tertiary/aromatic N) is 1. The molecule has 3 nitrogen and oxygen atoms in total. The molecule has 0 fully saturated rings. The minimum absolute atomic E-state index is 0.207. The second-order valence-corrected chi connectivity index (χ2v) is 2.81. The Balaban J connectivity index is 3.30. The largest absolute Gasteiger partial charge is 0.493 e. The Morgan fingerprint density at radius 2 is 2.40 bits per heavy atom. The molecule has 0 atom stereocenters. The third kappa shape index (κ3) is 1.26. The number of carbonyl (C=O) groups is 1. The Kier molecular flexibility index (Phi) is 2.21. The molecule has 0 bridgehead atoms. The number of halogens is 1. The summed E-state index contributed by atoms with van der Waals surface area (Å²) in [7, 11) is 0. The van der Waals surface area contributed by atoms with Crippen molar-refractivity contribution in [3.05, 3.63) is 21.4 Å². The summed E-state index contributed by atoms with van der Waals surface area (Å²) in [5, 5.41) is 8.94. The van der Waals surface area contributed by atoms with E-state index in [2.05, 4.69) is 4.98 Å². The second kappa shape index (κ2) is 2.96. The molecule has 0 aliphatic rings. The van der Waals surface area contributed by atoms with Crippen LogP contribution >= 0.6 is 22.6 Å². The van der Waals surface area contributed by atoms with Crippen LogP contribution in [0.5, 0.6) is 5.88 Å². The smallest absolute Gasteiger partial charge is 0.222 e. The third-order valence-electron chi connectivity index (χ3n) is 1.03. The van der Waals surface area contributed by atoms with Crippen molar-refractivity contribution in [2.24, 2.45) is 0 Å². The fraction of sp³-hybridized carbons (Fsp3) is 0. The summed E-state index contributed by atoms with van der Waals surface area (Å²) in [6, 6.07) is 1.66. The molecule has 1 aromatic heterocycles. The highest BCUT2D eigenvalue weighted by molar-refractivity contribution is 14.1. The zero-order valence-corrected chi connectivity index (χ0v) is 7.07. The first kappa shape index (κ1) is 7.46. The van der Waals surface area contributed by atoms with Gasteiger partial charge in [0.05, 0.1) is 5.56 Å². The topological polar surface area (TPSA) is 50.2 Å². The summed E-state index contributed by atoms with van der Waals surface area (Å²) >= 11 is 1.95. The molecule has 4 heteroatoms. The number of hydrogen-bond donors (Lipinski definition) is 1. The molecule has 0 aliphatic heterocycles. The first-order chi connectivity index (χ1) is 4.75. The van der Waals surface area contributed by atoms with E-state index in [0.29, 0.717) is 9.86 Å². The van der Waals surface area contributed by atoms with Gasteiger partial charge in [0.25, 0.3) is 0 Å². The van der Waals surface area contributed by atoms with Gasteiger partial charge in [-0.25, -0.2) is 4.98 Å². The van der Waals surface area contributed by atoms with E-state index >= 15 is 0 Å². The van der Waals surface area contributed by atoms with Crippen LogP contribution in [0.3, 0.4) is 0 Å². The van der Waals surface area contributed by atoms with Crippen LogP contribution in [0.25, 0.3) is 0 Å². The predicted molar refractivity (Wildman–Crippen MR) is 44.0 cm³/mol. The third-order valence-corrected chi connectivity index (χ3v) is 1.97. The number of aldehydes is 1. The summed E-state index contributed by atoms with van der Waals surface area (Å²) < 4.78 is 0.708. The number of rotatable bonds is 1. The molecule has 52 valence electrons. The van der Waals surface area contributed by atoms with Crippen molar-refractivity contribution >= 4 is 28.9 Å². The fourth-order valence-electron chi connectivity index (χ4n) is 0.548. The van der Waals surface area contributed by atoms with Crippen molar-refractivity contribution in [3.8, 4) is 5.88 Å². The molecule has 0 saturated heterocycles. The minimum Gasteiger partial charge on any atom is -0.493 e. The maximum atomic E-state index is 10.2. The van der Waals surface area contributed by atoms with Crippen molar-refractivity contribution < 1.29 is 9.90 Å². The van der Waals surface area contributed by atoms with Crippen LogP contribution in [0.4, 0.5) is 0 Å². The van der Waals surface area contributed by atoms with Gasteiger partial charge in [0.2, 0.25) is 5.88 Å². The van der Waals surface area contributed by atoms with Crippen molar-refractivity contribution in [1.82, 2.24) is 4.98 Å². The molecule has 10 heavy (non-hydrogen) atoms. The molecule has 0 amide bonds. The van der Waals surface area contributed by atoms with E-state index in [0.717, 1.165) is 0 Å². The molecular weight excluding hydrogens is 245 g/mol. The maximum Gasteiger partial charge on any atom is 0.222 e. The standard InChI is InChI=1S/C6H4INO2/c7-5-1-2-8-6(10)4(5)3-9/h1-3H,(H,8,10). The summed E-state index contributed by atoms with van der Waals surface area (Å²) in [4.78, 5) is 13.8. The minimum atomic E-state index is -0.207. The monoisotopic (exact) mass is 249 g/mol. The lowest BCUT2D eigenvalue weighted by Gasteiger charge is -1.95. The lowest BCUT2D eigenvalue weighted by Crippen LogP contribution is -1.88. The molecule has 0 unspecified atom stereocenters. The molecule has 1 heterocycles. The van der Waals surface area contributed by atoms with Crippen molar-refractivity contribution in [2.75, 3.05) is 0 Å². The van der Waals surface area contributed by atoms with Gasteiger partial charge in [-0.05, 0) is 28.7 Å². The first-order valence-corrected chi connectivity index (χ1v) is 3.62. The van der Waals surface area contributed by atoms with E-state index in [4.69, 9.17) is 5.11 Å². The highest BCUT2D eigenvalue weighted by Gasteiger charge is 2.03. The van der Waals surface area contributed by atoms with Crippen molar-refractivity contribution in [3.63, 3.8) is 0 Å². The van der Waals surface area contributed by atoms with Gasteiger partial charge in [0.15, 0.2) is 6.29 Å². The van der Waals surface area contributed by atoms with Gasteiger partial charge in [-0.1, -0.05) is 0 Å². The zero-order chi connectivity index (χ0) is 7.56. The lowest BCUT2D eigenvalue weighted by molar-refractivity contribution is 0.111. The maximum absolute atomic E-state index is 10.2. The molecule has 1 rings (SSSR count). The van der Waals surface area contributed by atoms with Crippen LogP contribution in [0.1, 0.15) is 10.4 Å². The van der Waals surface area contributed by atoms with Gasteiger partial charge < -0.3 is 5.11 Å². The lowest BCUT2D eigenvalue weighted by atomic mass is 10.3. The normalized spacial score (nSPS) is 9.30. The van der Waals surface area contributed by atoms with Gasteiger partial charge in [-0.15, -0.1) is 0 Å². The summed E-state index contributed by atoms with van der Waals surface area (Å²) in [6.45, 7) is 0. The molecule has 0 aromatic carbocycles. The van der Waals surface area contributed by atoms with Crippen molar-refractivity contribution in [2.45, 2.75) is 0 Å². The summed E-state index contributed by atoms with van der Waals surface area (Å²) in [6.07, 6.45) is 2.04. The van der Waals surface area contributed by atoms with Crippen LogP contribution in [-0.2, 0) is 0 Å². The molecule has 0 aliphatic carbocycles. The number of aromatic hydroxyl groups is 1. The molecule has 1 aromatic rings. The van der Waals surface area contributed by atoms with Crippen molar-refractivity contribution in [1.29, 1.82) is 0 Å². The van der Waals surface area contributed by atoms with E-state index < -0.39 is 0 Å². The summed E-state index contributed by atoms with van der Waals surface area (Å²) in [5.74, 6) is -0.207. The van der Waals surface area contributed by atoms with Crippen LogP contribution in [0.15, 0.2) is 12.3 Å². The van der Waals surface area contributed by atoms with E-state index in [-0.39, 0.29) is 11.4 Å². The Bertz CT molecular complexity index is 242. The second-order valence-electron chi connectivity index (χ2n) is 1.65. The average molecular weight is 249 g/mol. The molecule has 0 saturated carbocycles. The highest BCUT2D eigenvalue weighted by Crippen LogP contribution is 2.16. The molecule has 0 radical (unpaired) electrons. The van der Waals surface area contributed by atoms with Gasteiger partial charge >= 0.3 is 0 Å². The SMILES string of the molecule is O=Cc1c(I)ccnc1O. The number of carbonyl (C=O) groups excluding carboxylic acids is 1. The van der Waals surface area contributed by atoms with Crippen LogP contribution in [0.2, 0.25) is 0 Å². The predicted octanol–water partition coefficient (Wildman–Crippen LogP) is 1.20. The van der Waals surface area contributed by atoms with Gasteiger partial charge in [-0.2, -0.15) is 0 Å². The molecule has 0 spiro atoms. The Hall–Kier alpha value is -0.650. The van der Waals surface area contributed by atoms with E-state index in [9.17, 15) is 4.79 Å². The molecular formula is C6H4INO2. The Morgan fingerprint density at radius 3 is 2.80 bits per heavy atom. The zero-order valence-electron chi connectivity index (χ0n) is 4.91. The highest BCUT2D eigenvalue weighted by atomic mass is 127. The van der Waals surface area contributed by atoms with Crippen LogP contribution < -0.4 is 0 Å². The van der Waals surface area contributed by atoms with E-state index in [1.807, 2.05) is 22.6 Å². The summed E-state index contributed by atoms with van der Waals surface area (Å²) in [5.41, 5.74) is 0.253. The van der Waals surface area contributed by atoms with Gasteiger partial charge in [0, 0.05) is 9.77 Å². The quantitative estimate of drug-likeness (QED) is 0.601. The van der Waals surface area contributed by atoms with E-state index in [1.54, 1.807) is 6.07 Å². The Labute approximate surface area is 71.2 Å². The van der Waals surface area contributed by atoms with Crippen LogP contribution in [0, 0.1) is 3.57 Å². The van der Waals surface area contributed by atoms with Gasteiger partial charge in [0.1, 0.15) is 0 Å². The van der Waals surface area contributed by atoms with Crippen LogP contribution in [-0.4, -0.2) is 16.4 Å². The van der Waals surface area contributed by atoms with E-state index in [1.165, 1.54) is 6.20 Å². The number of hydrogen-bond acceptors (Lipinski definition) is 3. The average Bonchev–Trinajstić information content (AvgIpc) is 1.88. The molecule has 1 N–H and O–H groups in total. The first-order valence-electron chi connectivity index (χ1n) is 2.54. The van der Waals surface area contributed by atoms with Gasteiger partial charge in [-0.3, -0.25) is 4.79 Å². The number of aromatic nitrogens is 1.